The maximum Gasteiger partial charge on any atom is 0.221 e. The van der Waals surface area contributed by atoms with Gasteiger partial charge in [0.05, 0.1) is 7.11 Å². The molecule has 2 heterocycles. The molecule has 0 unspecified atom stereocenters. The van der Waals surface area contributed by atoms with E-state index in [2.05, 4.69) is 40.7 Å². The Balaban J connectivity index is 1.81. The second-order valence-electron chi connectivity index (χ2n) is 5.86. The number of nitrogens with one attached hydrogen (secondary N) is 1. The molecule has 1 aliphatic heterocycles. The van der Waals surface area contributed by atoms with E-state index < -0.39 is 0 Å². The molecule has 1 aromatic carbocycles. The summed E-state index contributed by atoms with van der Waals surface area (Å²) in [5.41, 5.74) is 3.59. The number of methoxy groups -OCH3 is 1. The van der Waals surface area contributed by atoms with Gasteiger partial charge in [0.2, 0.25) is 5.91 Å². The van der Waals surface area contributed by atoms with E-state index in [4.69, 9.17) is 4.74 Å². The predicted molar refractivity (Wildman–Crippen MR) is 93.9 cm³/mol. The Morgan fingerprint density at radius 2 is 2.17 bits per heavy atom. The van der Waals surface area contributed by atoms with Crippen molar-refractivity contribution in [2.24, 2.45) is 0 Å². The Hall–Kier alpha value is -1.85. The van der Waals surface area contributed by atoms with Gasteiger partial charge in [0.15, 0.2) is 0 Å². The first-order valence-corrected chi connectivity index (χ1v) is 8.75. The number of rotatable bonds is 4. The third kappa shape index (κ3) is 3.92. The van der Waals surface area contributed by atoms with Crippen LogP contribution in [0.25, 0.3) is 11.1 Å². The maximum atomic E-state index is 11.5. The minimum absolute atomic E-state index is 0.150. The summed E-state index contributed by atoms with van der Waals surface area (Å²) in [6.07, 6.45) is 0.576. The SMILES string of the molecule is COc1ccc(CN2CCNC(=O)CC2)cc1-c1csc(C)c1. The van der Waals surface area contributed by atoms with Crippen LogP contribution in [-0.2, 0) is 11.3 Å². The second kappa shape index (κ2) is 7.15. The van der Waals surface area contributed by atoms with Gasteiger partial charge in [-0.15, -0.1) is 11.3 Å². The number of hydrogen-bond acceptors (Lipinski definition) is 4. The summed E-state index contributed by atoms with van der Waals surface area (Å²) in [5.74, 6) is 1.05. The zero-order chi connectivity index (χ0) is 16.2. The highest BCUT2D eigenvalue weighted by Crippen LogP contribution is 2.34. The van der Waals surface area contributed by atoms with Crippen LogP contribution < -0.4 is 10.1 Å². The second-order valence-corrected chi connectivity index (χ2v) is 6.97. The molecule has 1 fully saturated rings. The lowest BCUT2D eigenvalue weighted by Gasteiger charge is -2.20. The van der Waals surface area contributed by atoms with Gasteiger partial charge in [0, 0.05) is 43.0 Å². The van der Waals surface area contributed by atoms with E-state index in [0.717, 1.165) is 37.5 Å². The van der Waals surface area contributed by atoms with Gasteiger partial charge in [0.25, 0.3) is 0 Å². The molecule has 23 heavy (non-hydrogen) atoms. The van der Waals surface area contributed by atoms with E-state index in [1.54, 1.807) is 18.4 Å². The van der Waals surface area contributed by atoms with Crippen molar-refractivity contribution in [1.29, 1.82) is 0 Å². The Bertz CT molecular complexity index is 696. The number of thiophene rings is 1. The molecule has 0 spiro atoms. The minimum atomic E-state index is 0.150. The van der Waals surface area contributed by atoms with Crippen LogP contribution in [0.2, 0.25) is 0 Å². The van der Waals surface area contributed by atoms with Crippen LogP contribution in [0.5, 0.6) is 5.75 Å². The van der Waals surface area contributed by atoms with Crippen molar-refractivity contribution in [3.8, 4) is 16.9 Å². The smallest absolute Gasteiger partial charge is 0.221 e. The third-order valence-electron chi connectivity index (χ3n) is 4.12. The van der Waals surface area contributed by atoms with Crippen LogP contribution in [-0.4, -0.2) is 37.6 Å². The fourth-order valence-electron chi connectivity index (χ4n) is 2.89. The lowest BCUT2D eigenvalue weighted by atomic mass is 10.0. The predicted octanol–water partition coefficient (Wildman–Crippen LogP) is 3.05. The molecule has 5 heteroatoms. The van der Waals surface area contributed by atoms with Gasteiger partial charge < -0.3 is 10.1 Å². The van der Waals surface area contributed by atoms with Crippen molar-refractivity contribution in [3.05, 3.63) is 40.1 Å². The van der Waals surface area contributed by atoms with Crippen LogP contribution in [0, 0.1) is 6.92 Å². The van der Waals surface area contributed by atoms with Crippen molar-refractivity contribution in [2.45, 2.75) is 19.9 Å². The van der Waals surface area contributed by atoms with E-state index in [9.17, 15) is 4.79 Å². The molecule has 0 radical (unpaired) electrons. The molecule has 2 aromatic rings. The number of carbonyl (C=O) groups is 1. The fourth-order valence-corrected chi connectivity index (χ4v) is 3.60. The van der Waals surface area contributed by atoms with E-state index in [0.29, 0.717) is 6.42 Å². The van der Waals surface area contributed by atoms with Gasteiger partial charge in [-0.3, -0.25) is 9.69 Å². The number of nitrogens with zero attached hydrogens (tertiary/aromatic N) is 1. The van der Waals surface area contributed by atoms with Crippen LogP contribution in [0.4, 0.5) is 0 Å². The molecular weight excluding hydrogens is 308 g/mol. The highest BCUT2D eigenvalue weighted by Gasteiger charge is 2.15. The monoisotopic (exact) mass is 330 g/mol. The average Bonchev–Trinajstić information content (AvgIpc) is 2.88. The number of ether oxygens (including phenoxy) is 1. The lowest BCUT2D eigenvalue weighted by Crippen LogP contribution is -2.28. The van der Waals surface area contributed by atoms with Crippen molar-refractivity contribution in [1.82, 2.24) is 10.2 Å². The molecule has 122 valence electrons. The Morgan fingerprint density at radius 3 is 2.91 bits per heavy atom. The van der Waals surface area contributed by atoms with Crippen LogP contribution in [0.15, 0.2) is 29.6 Å². The van der Waals surface area contributed by atoms with Crippen LogP contribution in [0.3, 0.4) is 0 Å². The van der Waals surface area contributed by atoms with Gasteiger partial charge >= 0.3 is 0 Å². The van der Waals surface area contributed by atoms with Crippen molar-refractivity contribution >= 4 is 17.2 Å². The molecule has 1 aliphatic rings. The molecule has 4 nitrogen and oxygen atoms in total. The summed E-state index contributed by atoms with van der Waals surface area (Å²) in [7, 11) is 1.71. The molecule has 0 atom stereocenters. The Kier molecular flexibility index (Phi) is 4.98. The van der Waals surface area contributed by atoms with Gasteiger partial charge in [0.1, 0.15) is 5.75 Å². The summed E-state index contributed by atoms with van der Waals surface area (Å²) in [4.78, 5) is 15.1. The standard InChI is InChI=1S/C18H22N2O2S/c1-13-9-15(12-23-13)16-10-14(3-4-17(16)22-2)11-20-7-5-18(21)19-6-8-20/h3-4,9-10,12H,5-8,11H2,1-2H3,(H,19,21). The van der Waals surface area contributed by atoms with Gasteiger partial charge in [-0.1, -0.05) is 6.07 Å². The lowest BCUT2D eigenvalue weighted by molar-refractivity contribution is -0.120. The van der Waals surface area contributed by atoms with Crippen molar-refractivity contribution in [3.63, 3.8) is 0 Å². The first kappa shape index (κ1) is 16.0. The van der Waals surface area contributed by atoms with Crippen molar-refractivity contribution in [2.75, 3.05) is 26.7 Å². The zero-order valence-electron chi connectivity index (χ0n) is 13.6. The third-order valence-corrected chi connectivity index (χ3v) is 4.98. The molecule has 1 aromatic heterocycles. The number of benzene rings is 1. The number of hydrogen-bond donors (Lipinski definition) is 1. The number of amides is 1. The zero-order valence-corrected chi connectivity index (χ0v) is 14.4. The number of carbonyl (C=O) groups excluding carboxylic acids is 1. The topological polar surface area (TPSA) is 41.6 Å². The van der Waals surface area contributed by atoms with Crippen molar-refractivity contribution < 1.29 is 9.53 Å². The molecule has 1 saturated heterocycles. The normalized spacial score (nSPS) is 16.0. The molecule has 1 N–H and O–H groups in total. The quantitative estimate of drug-likeness (QED) is 0.937. The largest absolute Gasteiger partial charge is 0.496 e. The maximum absolute atomic E-state index is 11.5. The summed E-state index contributed by atoms with van der Waals surface area (Å²) in [6, 6.07) is 8.56. The average molecular weight is 330 g/mol. The van der Waals surface area contributed by atoms with Gasteiger partial charge in [-0.2, -0.15) is 0 Å². The van der Waals surface area contributed by atoms with E-state index in [1.165, 1.54) is 16.0 Å². The fraction of sp³-hybridized carbons (Fsp3) is 0.389. The molecular formula is C18H22N2O2S. The first-order valence-electron chi connectivity index (χ1n) is 7.87. The Morgan fingerprint density at radius 1 is 1.30 bits per heavy atom. The molecule has 0 saturated carbocycles. The van der Waals surface area contributed by atoms with Gasteiger partial charge in [-0.25, -0.2) is 0 Å². The minimum Gasteiger partial charge on any atom is -0.496 e. The molecule has 0 aliphatic carbocycles. The highest BCUT2D eigenvalue weighted by molar-refractivity contribution is 7.10. The summed E-state index contributed by atoms with van der Waals surface area (Å²) in [6.45, 7) is 5.40. The molecule has 0 bridgehead atoms. The number of aryl methyl sites for hydroxylation is 1. The van der Waals surface area contributed by atoms with Crippen LogP contribution in [0.1, 0.15) is 16.9 Å². The van der Waals surface area contributed by atoms with Crippen LogP contribution >= 0.6 is 11.3 Å². The summed E-state index contributed by atoms with van der Waals surface area (Å²) in [5, 5.41) is 5.09. The Labute approximate surface area is 141 Å². The van der Waals surface area contributed by atoms with E-state index >= 15 is 0 Å². The summed E-state index contributed by atoms with van der Waals surface area (Å²) >= 11 is 1.75. The first-order chi connectivity index (χ1) is 11.2. The molecule has 3 rings (SSSR count). The van der Waals surface area contributed by atoms with E-state index in [1.807, 2.05) is 6.07 Å². The molecule has 1 amide bonds. The van der Waals surface area contributed by atoms with E-state index in [-0.39, 0.29) is 5.91 Å². The summed E-state index contributed by atoms with van der Waals surface area (Å²) < 4.78 is 5.52. The highest BCUT2D eigenvalue weighted by atomic mass is 32.1. The van der Waals surface area contributed by atoms with Gasteiger partial charge in [-0.05, 0) is 41.6 Å².